The third-order valence-corrected chi connectivity index (χ3v) is 5.63. The molecule has 0 aliphatic heterocycles. The number of carbonyl (C=O) groups is 2. The lowest BCUT2D eigenvalue weighted by Crippen LogP contribution is -2.24. The standard InChI is InChI=1S/C29H40O11/c1-29(2,3)40-28(32)19-16-23(35-6)26(37-8)24(17-19)38-13-9-10-20(11-12-30)39-27(31)18-14-21(33-4)25(36-7)22(15-18)34-5/h14-17,20,30H,9-13H2,1-8H3. The van der Waals surface area contributed by atoms with E-state index in [4.69, 9.17) is 37.9 Å². The number of hydrogen-bond donors (Lipinski definition) is 1. The third-order valence-electron chi connectivity index (χ3n) is 5.63. The molecule has 11 heteroatoms. The molecule has 1 unspecified atom stereocenters. The number of methoxy groups -OCH3 is 5. The highest BCUT2D eigenvalue weighted by molar-refractivity contribution is 5.92. The van der Waals surface area contributed by atoms with Gasteiger partial charge in [0.25, 0.3) is 0 Å². The fourth-order valence-corrected chi connectivity index (χ4v) is 3.81. The molecule has 0 heterocycles. The molecule has 0 saturated carbocycles. The summed E-state index contributed by atoms with van der Waals surface area (Å²) in [5.74, 6) is 0.811. The Balaban J connectivity index is 2.11. The first kappa shape index (κ1) is 32.4. The second-order valence-corrected chi connectivity index (χ2v) is 9.66. The molecule has 11 nitrogen and oxygen atoms in total. The highest BCUT2D eigenvalue weighted by Gasteiger charge is 2.24. The van der Waals surface area contributed by atoms with Crippen LogP contribution in [0.4, 0.5) is 0 Å². The summed E-state index contributed by atoms with van der Waals surface area (Å²) in [6, 6.07) is 6.06. The molecule has 2 aromatic rings. The van der Waals surface area contributed by atoms with E-state index >= 15 is 0 Å². The molecule has 0 aliphatic rings. The second kappa shape index (κ2) is 15.1. The lowest BCUT2D eigenvalue weighted by atomic mass is 10.1. The van der Waals surface area contributed by atoms with Crippen LogP contribution >= 0.6 is 0 Å². The Morgan fingerprint density at radius 2 is 1.20 bits per heavy atom. The fourth-order valence-electron chi connectivity index (χ4n) is 3.81. The summed E-state index contributed by atoms with van der Waals surface area (Å²) < 4.78 is 43.8. The molecule has 1 atom stereocenters. The maximum Gasteiger partial charge on any atom is 0.338 e. The fraction of sp³-hybridized carbons (Fsp3) is 0.517. The molecular formula is C29H40O11. The van der Waals surface area contributed by atoms with E-state index in [1.54, 1.807) is 20.8 Å². The Hall–Kier alpha value is -3.86. The van der Waals surface area contributed by atoms with E-state index in [-0.39, 0.29) is 30.8 Å². The Kier molecular flexibility index (Phi) is 12.2. The molecule has 0 saturated heterocycles. The van der Waals surface area contributed by atoms with Crippen LogP contribution in [0, 0.1) is 0 Å². The number of benzene rings is 2. The van der Waals surface area contributed by atoms with Crippen LogP contribution < -0.4 is 28.4 Å². The van der Waals surface area contributed by atoms with Crippen molar-refractivity contribution in [3.63, 3.8) is 0 Å². The summed E-state index contributed by atoms with van der Waals surface area (Å²) in [5.41, 5.74) is -0.212. The van der Waals surface area contributed by atoms with Gasteiger partial charge < -0.3 is 43.0 Å². The first-order valence-electron chi connectivity index (χ1n) is 12.8. The zero-order chi connectivity index (χ0) is 29.9. The van der Waals surface area contributed by atoms with E-state index in [1.165, 1.54) is 59.8 Å². The van der Waals surface area contributed by atoms with Crippen LogP contribution in [0.2, 0.25) is 0 Å². The number of ether oxygens (including phenoxy) is 8. The molecule has 0 aromatic heterocycles. The van der Waals surface area contributed by atoms with Crippen LogP contribution in [-0.4, -0.2) is 77.5 Å². The Labute approximate surface area is 235 Å². The Bertz CT molecular complexity index is 1110. The second-order valence-electron chi connectivity index (χ2n) is 9.66. The van der Waals surface area contributed by atoms with Gasteiger partial charge in [0, 0.05) is 13.0 Å². The van der Waals surface area contributed by atoms with E-state index < -0.39 is 23.6 Å². The zero-order valence-corrected chi connectivity index (χ0v) is 24.5. The lowest BCUT2D eigenvalue weighted by Gasteiger charge is -2.21. The quantitative estimate of drug-likeness (QED) is 0.243. The van der Waals surface area contributed by atoms with Crippen LogP contribution in [0.25, 0.3) is 0 Å². The minimum Gasteiger partial charge on any atom is -0.493 e. The average molecular weight is 565 g/mol. The average Bonchev–Trinajstić information content (AvgIpc) is 2.92. The van der Waals surface area contributed by atoms with Crippen molar-refractivity contribution in [2.75, 3.05) is 48.8 Å². The number of aliphatic hydroxyl groups excluding tert-OH is 1. The van der Waals surface area contributed by atoms with Gasteiger partial charge in [0.15, 0.2) is 23.0 Å². The molecule has 0 bridgehead atoms. The first-order chi connectivity index (χ1) is 19.0. The molecule has 0 amide bonds. The van der Waals surface area contributed by atoms with Crippen molar-refractivity contribution in [1.82, 2.24) is 0 Å². The van der Waals surface area contributed by atoms with Crippen molar-refractivity contribution in [3.05, 3.63) is 35.4 Å². The Morgan fingerprint density at radius 3 is 1.65 bits per heavy atom. The van der Waals surface area contributed by atoms with E-state index in [9.17, 15) is 14.7 Å². The zero-order valence-electron chi connectivity index (χ0n) is 24.5. The molecule has 2 rings (SSSR count). The number of rotatable bonds is 15. The molecule has 222 valence electrons. The number of aliphatic hydroxyl groups is 1. The molecule has 1 N–H and O–H groups in total. The summed E-state index contributed by atoms with van der Waals surface area (Å²) in [6.07, 6.45) is 0.531. The van der Waals surface area contributed by atoms with Gasteiger partial charge in [0.05, 0.1) is 53.3 Å². The van der Waals surface area contributed by atoms with Crippen LogP contribution in [0.3, 0.4) is 0 Å². The van der Waals surface area contributed by atoms with E-state index in [2.05, 4.69) is 0 Å². The topological polar surface area (TPSA) is 128 Å². The van der Waals surface area contributed by atoms with Gasteiger partial charge in [-0.1, -0.05) is 0 Å². The smallest absolute Gasteiger partial charge is 0.338 e. The molecule has 2 aromatic carbocycles. The minimum absolute atomic E-state index is 0.170. The summed E-state index contributed by atoms with van der Waals surface area (Å²) in [4.78, 5) is 25.6. The number of hydrogen-bond acceptors (Lipinski definition) is 11. The third kappa shape index (κ3) is 8.84. The van der Waals surface area contributed by atoms with Crippen molar-refractivity contribution in [3.8, 4) is 34.5 Å². The van der Waals surface area contributed by atoms with Crippen molar-refractivity contribution in [2.24, 2.45) is 0 Å². The van der Waals surface area contributed by atoms with Crippen LogP contribution in [0.15, 0.2) is 24.3 Å². The highest BCUT2D eigenvalue weighted by atomic mass is 16.6. The number of carbonyl (C=O) groups excluding carboxylic acids is 2. The van der Waals surface area contributed by atoms with Gasteiger partial charge in [-0.05, 0) is 57.9 Å². The van der Waals surface area contributed by atoms with Crippen LogP contribution in [0.1, 0.15) is 60.7 Å². The monoisotopic (exact) mass is 564 g/mol. The van der Waals surface area contributed by atoms with Gasteiger partial charge in [-0.3, -0.25) is 0 Å². The van der Waals surface area contributed by atoms with E-state index in [0.717, 1.165) is 0 Å². The minimum atomic E-state index is -0.674. The molecular weight excluding hydrogens is 524 g/mol. The van der Waals surface area contributed by atoms with Gasteiger partial charge in [-0.2, -0.15) is 0 Å². The molecule has 40 heavy (non-hydrogen) atoms. The number of esters is 2. The summed E-state index contributed by atoms with van der Waals surface area (Å²) in [6.45, 7) is 5.37. The normalized spacial score (nSPS) is 11.7. The van der Waals surface area contributed by atoms with Crippen molar-refractivity contribution < 1.29 is 52.6 Å². The van der Waals surface area contributed by atoms with Gasteiger partial charge in [0.2, 0.25) is 11.5 Å². The largest absolute Gasteiger partial charge is 0.493 e. The van der Waals surface area contributed by atoms with E-state index in [1.807, 2.05) is 0 Å². The molecule has 0 aliphatic carbocycles. The van der Waals surface area contributed by atoms with Crippen LogP contribution in [-0.2, 0) is 9.47 Å². The van der Waals surface area contributed by atoms with Gasteiger partial charge in [-0.25, -0.2) is 9.59 Å². The predicted molar refractivity (Wildman–Crippen MR) is 146 cm³/mol. The summed E-state index contributed by atoms with van der Waals surface area (Å²) in [5, 5.41) is 9.52. The van der Waals surface area contributed by atoms with E-state index in [0.29, 0.717) is 47.3 Å². The molecule has 0 radical (unpaired) electrons. The maximum atomic E-state index is 12.9. The van der Waals surface area contributed by atoms with Gasteiger partial charge in [-0.15, -0.1) is 0 Å². The summed E-state index contributed by atoms with van der Waals surface area (Å²) in [7, 11) is 7.31. The Morgan fingerprint density at radius 1 is 0.725 bits per heavy atom. The van der Waals surface area contributed by atoms with Gasteiger partial charge in [0.1, 0.15) is 11.7 Å². The van der Waals surface area contributed by atoms with Crippen LogP contribution in [0.5, 0.6) is 34.5 Å². The summed E-state index contributed by atoms with van der Waals surface area (Å²) >= 11 is 0. The SMILES string of the molecule is COc1cc(C(=O)OC(CCO)CCCOc2cc(C(=O)OC(C)(C)C)cc(OC)c2OC)cc(OC)c1OC. The molecule has 0 fully saturated rings. The lowest BCUT2D eigenvalue weighted by molar-refractivity contribution is 0.00680. The van der Waals surface area contributed by atoms with Gasteiger partial charge >= 0.3 is 11.9 Å². The molecule has 0 spiro atoms. The van der Waals surface area contributed by atoms with Crippen molar-refractivity contribution >= 4 is 11.9 Å². The van der Waals surface area contributed by atoms with Crippen molar-refractivity contribution in [1.29, 1.82) is 0 Å². The first-order valence-corrected chi connectivity index (χ1v) is 12.8. The highest BCUT2D eigenvalue weighted by Crippen LogP contribution is 2.40. The maximum absolute atomic E-state index is 12.9. The van der Waals surface area contributed by atoms with Crippen molar-refractivity contribution in [2.45, 2.75) is 51.7 Å². The predicted octanol–water partition coefficient (Wildman–Crippen LogP) is 4.45.